The molecule has 1 unspecified atom stereocenters. The normalized spacial score (nSPS) is 12.5. The van der Waals surface area contributed by atoms with Crippen molar-refractivity contribution in [3.05, 3.63) is 82.1 Å². The predicted molar refractivity (Wildman–Crippen MR) is 117 cm³/mol. The Morgan fingerprint density at radius 2 is 1.94 bits per heavy atom. The average Bonchev–Trinajstić information content (AvgIpc) is 3.18. The second-order valence-corrected chi connectivity index (χ2v) is 7.48. The molecule has 33 heavy (non-hydrogen) atoms. The molecule has 0 spiro atoms. The monoisotopic (exact) mass is 449 g/mol. The van der Waals surface area contributed by atoms with Gasteiger partial charge in [0, 0.05) is 0 Å². The summed E-state index contributed by atoms with van der Waals surface area (Å²) in [6.45, 7) is 1.27. The van der Waals surface area contributed by atoms with Crippen LogP contribution in [-0.2, 0) is 6.61 Å². The van der Waals surface area contributed by atoms with Crippen LogP contribution in [0.15, 0.2) is 58.0 Å². The number of fused-ring (bicyclic) bond motifs is 2. The van der Waals surface area contributed by atoms with Crippen molar-refractivity contribution in [3.63, 3.8) is 0 Å². The van der Waals surface area contributed by atoms with Crippen molar-refractivity contribution in [1.82, 2.24) is 19.7 Å². The summed E-state index contributed by atoms with van der Waals surface area (Å²) in [7, 11) is 0. The molecule has 5 rings (SSSR count). The average molecular weight is 449 g/mol. The lowest BCUT2D eigenvalue weighted by atomic mass is 9.99. The number of nitrogens with zero attached hydrogens (tertiary/aromatic N) is 4. The highest BCUT2D eigenvalue weighted by atomic mass is 19.1. The van der Waals surface area contributed by atoms with Crippen LogP contribution in [0, 0.1) is 11.6 Å². The number of halogens is 2. The Labute approximate surface area is 184 Å². The molecule has 0 amide bonds. The molecule has 0 aliphatic rings. The largest absolute Gasteiger partial charge is 0.458 e. The molecular weight excluding hydrogens is 432 g/mol. The van der Waals surface area contributed by atoms with Gasteiger partial charge in [-0.05, 0) is 36.8 Å². The van der Waals surface area contributed by atoms with Gasteiger partial charge in [0.1, 0.15) is 52.2 Å². The third-order valence-corrected chi connectivity index (χ3v) is 5.50. The van der Waals surface area contributed by atoms with Crippen molar-refractivity contribution in [2.45, 2.75) is 19.6 Å². The van der Waals surface area contributed by atoms with Crippen molar-refractivity contribution in [3.8, 4) is 11.1 Å². The highest BCUT2D eigenvalue weighted by Crippen LogP contribution is 2.34. The summed E-state index contributed by atoms with van der Waals surface area (Å²) in [6.07, 6.45) is 1.25. The SMILES string of the molecule is CC(c1oc2cccc(F)c2c(=O)c1-c1cccc(F)c1)n1nc(CO)c2c(N)ncnc21. The van der Waals surface area contributed by atoms with Crippen molar-refractivity contribution in [2.24, 2.45) is 0 Å². The molecule has 3 aromatic heterocycles. The Balaban J connectivity index is 1.85. The van der Waals surface area contributed by atoms with Crippen molar-refractivity contribution >= 4 is 27.8 Å². The van der Waals surface area contributed by atoms with Crippen LogP contribution in [0.5, 0.6) is 0 Å². The Morgan fingerprint density at radius 1 is 1.15 bits per heavy atom. The molecule has 0 saturated carbocycles. The van der Waals surface area contributed by atoms with Gasteiger partial charge < -0.3 is 15.3 Å². The van der Waals surface area contributed by atoms with Gasteiger partial charge in [0.05, 0.1) is 17.6 Å². The first-order chi connectivity index (χ1) is 15.9. The van der Waals surface area contributed by atoms with E-state index < -0.39 is 29.7 Å². The van der Waals surface area contributed by atoms with Gasteiger partial charge in [0.15, 0.2) is 5.65 Å². The van der Waals surface area contributed by atoms with Gasteiger partial charge in [-0.3, -0.25) is 4.79 Å². The fraction of sp³-hybridized carbons (Fsp3) is 0.130. The van der Waals surface area contributed by atoms with Gasteiger partial charge in [-0.25, -0.2) is 23.4 Å². The van der Waals surface area contributed by atoms with E-state index in [9.17, 15) is 18.7 Å². The summed E-state index contributed by atoms with van der Waals surface area (Å²) >= 11 is 0. The topological polar surface area (TPSA) is 120 Å². The molecule has 8 nitrogen and oxygen atoms in total. The summed E-state index contributed by atoms with van der Waals surface area (Å²) in [5, 5.41) is 14.3. The summed E-state index contributed by atoms with van der Waals surface area (Å²) in [4.78, 5) is 21.6. The first-order valence-corrected chi connectivity index (χ1v) is 10.00. The number of nitrogen functional groups attached to an aromatic ring is 1. The third kappa shape index (κ3) is 3.23. The van der Waals surface area contributed by atoms with Gasteiger partial charge in [-0.2, -0.15) is 5.10 Å². The van der Waals surface area contributed by atoms with E-state index in [2.05, 4.69) is 15.1 Å². The Kier molecular flexibility index (Phi) is 4.86. The molecule has 0 saturated heterocycles. The number of anilines is 1. The lowest BCUT2D eigenvalue weighted by Crippen LogP contribution is -2.17. The van der Waals surface area contributed by atoms with Crippen LogP contribution >= 0.6 is 0 Å². The number of hydrogen-bond donors (Lipinski definition) is 2. The number of benzene rings is 2. The third-order valence-electron chi connectivity index (χ3n) is 5.50. The molecule has 2 aromatic carbocycles. The molecule has 166 valence electrons. The minimum absolute atomic E-state index is 0.00386. The molecular formula is C23H17F2N5O3. The van der Waals surface area contributed by atoms with Gasteiger partial charge in [0.2, 0.25) is 5.43 Å². The van der Waals surface area contributed by atoms with Gasteiger partial charge in [-0.1, -0.05) is 18.2 Å². The highest BCUT2D eigenvalue weighted by Gasteiger charge is 2.27. The maximum Gasteiger partial charge on any atom is 0.203 e. The standard InChI is InChI=1S/C23H17F2N5O3/c1-11(30-23-19(15(9-31)29-30)22(26)27-10-28-23)21-17(12-4-2-5-13(24)8-12)20(32)18-14(25)6-3-7-16(18)33-21/h2-8,10-11,31H,9H2,1H3,(H2,26,27,28). The zero-order valence-electron chi connectivity index (χ0n) is 17.3. The second-order valence-electron chi connectivity index (χ2n) is 7.48. The maximum absolute atomic E-state index is 14.6. The summed E-state index contributed by atoms with van der Waals surface area (Å²) in [5.74, 6) is -1.05. The zero-order valence-corrected chi connectivity index (χ0v) is 17.3. The van der Waals surface area contributed by atoms with Gasteiger partial charge >= 0.3 is 0 Å². The number of nitrogens with two attached hydrogens (primary N) is 1. The lowest BCUT2D eigenvalue weighted by molar-refractivity contribution is 0.275. The fourth-order valence-electron chi connectivity index (χ4n) is 3.99. The summed E-state index contributed by atoms with van der Waals surface area (Å²) in [5.41, 5.74) is 6.14. The van der Waals surface area contributed by atoms with Crippen LogP contribution in [0.3, 0.4) is 0 Å². The van der Waals surface area contributed by atoms with E-state index in [1.54, 1.807) is 13.0 Å². The molecule has 0 aliphatic carbocycles. The number of hydrogen-bond acceptors (Lipinski definition) is 7. The number of rotatable bonds is 4. The van der Waals surface area contributed by atoms with Crippen LogP contribution in [-0.4, -0.2) is 24.9 Å². The van der Waals surface area contributed by atoms with Crippen molar-refractivity contribution in [1.29, 1.82) is 0 Å². The number of aliphatic hydroxyl groups excluding tert-OH is 1. The van der Waals surface area contributed by atoms with Gasteiger partial charge in [0.25, 0.3) is 0 Å². The van der Waals surface area contributed by atoms with E-state index in [1.165, 1.54) is 41.3 Å². The van der Waals surface area contributed by atoms with Gasteiger partial charge in [-0.15, -0.1) is 0 Å². The quantitative estimate of drug-likeness (QED) is 0.430. The molecule has 0 fully saturated rings. The number of aromatic nitrogens is 4. The van der Waals surface area contributed by atoms with E-state index in [0.717, 1.165) is 6.07 Å². The predicted octanol–water partition coefficient (Wildman–Crippen LogP) is 3.56. The lowest BCUT2D eigenvalue weighted by Gasteiger charge is -2.17. The fourth-order valence-corrected chi connectivity index (χ4v) is 3.99. The molecule has 0 aliphatic heterocycles. The van der Waals surface area contributed by atoms with Crippen LogP contribution in [0.1, 0.15) is 24.4 Å². The van der Waals surface area contributed by atoms with E-state index in [1.807, 2.05) is 0 Å². The molecule has 3 heterocycles. The van der Waals surface area contributed by atoms with Crippen LogP contribution < -0.4 is 11.2 Å². The second kappa shape index (κ2) is 7.75. The molecule has 0 radical (unpaired) electrons. The van der Waals surface area contributed by atoms with E-state index in [-0.39, 0.29) is 39.4 Å². The zero-order chi connectivity index (χ0) is 23.3. The van der Waals surface area contributed by atoms with Crippen LogP contribution in [0.2, 0.25) is 0 Å². The number of aliphatic hydroxyl groups is 1. The minimum Gasteiger partial charge on any atom is -0.458 e. The van der Waals surface area contributed by atoms with Crippen molar-refractivity contribution < 1.29 is 18.3 Å². The van der Waals surface area contributed by atoms with E-state index in [4.69, 9.17) is 10.2 Å². The smallest absolute Gasteiger partial charge is 0.203 e. The minimum atomic E-state index is -0.763. The molecule has 10 heteroatoms. The summed E-state index contributed by atoms with van der Waals surface area (Å²) < 4.78 is 36.1. The van der Waals surface area contributed by atoms with E-state index in [0.29, 0.717) is 11.0 Å². The van der Waals surface area contributed by atoms with Crippen molar-refractivity contribution in [2.75, 3.05) is 5.73 Å². The first kappa shape index (κ1) is 20.7. The highest BCUT2D eigenvalue weighted by molar-refractivity contribution is 5.88. The molecule has 1 atom stereocenters. The maximum atomic E-state index is 14.6. The van der Waals surface area contributed by atoms with Crippen LogP contribution in [0.4, 0.5) is 14.6 Å². The van der Waals surface area contributed by atoms with E-state index >= 15 is 0 Å². The Hall–Kier alpha value is -4.18. The Morgan fingerprint density at radius 3 is 2.70 bits per heavy atom. The molecule has 3 N–H and O–H groups in total. The molecule has 0 bridgehead atoms. The van der Waals surface area contributed by atoms with Crippen LogP contribution in [0.25, 0.3) is 33.1 Å². The first-order valence-electron chi connectivity index (χ1n) is 10.00. The summed E-state index contributed by atoms with van der Waals surface area (Å²) in [6, 6.07) is 8.71. The Bertz CT molecular complexity index is 1600. The molecule has 5 aromatic rings.